The van der Waals surface area contributed by atoms with Crippen molar-refractivity contribution in [1.29, 1.82) is 0 Å². The van der Waals surface area contributed by atoms with Crippen LogP contribution in [0.3, 0.4) is 0 Å². The predicted molar refractivity (Wildman–Crippen MR) is 75.9 cm³/mol. The van der Waals surface area contributed by atoms with Crippen LogP contribution in [0, 0.1) is 0 Å². The molecule has 1 saturated heterocycles. The molecule has 3 nitrogen and oxygen atoms in total. The lowest BCUT2D eigenvalue weighted by Gasteiger charge is -2.35. The van der Waals surface area contributed by atoms with Crippen LogP contribution < -0.4 is 16.0 Å². The van der Waals surface area contributed by atoms with E-state index in [2.05, 4.69) is 35.3 Å². The smallest absolute Gasteiger partial charge is 0.0402 e. The van der Waals surface area contributed by atoms with Gasteiger partial charge < -0.3 is 16.0 Å². The zero-order chi connectivity index (χ0) is 12.5. The van der Waals surface area contributed by atoms with Gasteiger partial charge in [0, 0.05) is 37.4 Å². The van der Waals surface area contributed by atoms with Crippen molar-refractivity contribution in [3.63, 3.8) is 0 Å². The average Bonchev–Trinajstić information content (AvgIpc) is 2.39. The Kier molecular flexibility index (Phi) is 3.27. The van der Waals surface area contributed by atoms with E-state index < -0.39 is 0 Å². The Bertz CT molecular complexity index is 422. The highest BCUT2D eigenvalue weighted by Gasteiger charge is 2.22. The minimum absolute atomic E-state index is 0.404. The molecule has 1 aromatic rings. The fraction of sp³-hybridized carbons (Fsp3) is 0.600. The number of rotatable bonds is 1. The molecular weight excluding hydrogens is 222 g/mol. The van der Waals surface area contributed by atoms with Gasteiger partial charge in [-0.15, -0.1) is 0 Å². The van der Waals surface area contributed by atoms with Crippen molar-refractivity contribution in [1.82, 2.24) is 5.32 Å². The second kappa shape index (κ2) is 4.90. The van der Waals surface area contributed by atoms with Gasteiger partial charge in [-0.2, -0.15) is 0 Å². The minimum Gasteiger partial charge on any atom is -0.371 e. The quantitative estimate of drug-likeness (QED) is 0.790. The first-order valence-corrected chi connectivity index (χ1v) is 7.08. The normalized spacial score (nSPS) is 25.0. The summed E-state index contributed by atoms with van der Waals surface area (Å²) in [4.78, 5) is 2.53. The van der Waals surface area contributed by atoms with Crippen molar-refractivity contribution in [3.05, 3.63) is 29.3 Å². The molecule has 0 bridgehead atoms. The molecule has 98 valence electrons. The lowest BCUT2D eigenvalue weighted by Crippen LogP contribution is -2.41. The van der Waals surface area contributed by atoms with Gasteiger partial charge in [0.1, 0.15) is 0 Å². The van der Waals surface area contributed by atoms with Crippen molar-refractivity contribution in [3.8, 4) is 0 Å². The molecular formula is C15H23N3. The standard InChI is InChI=1S/C15H23N3/c1-11-9-14-12(10-17-11)3-2-4-15(14)18-7-5-13(16)6-8-18/h2-4,11,13,17H,5-10,16H2,1H3. The van der Waals surface area contributed by atoms with E-state index in [1.165, 1.54) is 11.3 Å². The molecule has 0 aromatic heterocycles. The van der Waals surface area contributed by atoms with Crippen molar-refractivity contribution >= 4 is 5.69 Å². The highest BCUT2D eigenvalue weighted by molar-refractivity contribution is 5.58. The Labute approximate surface area is 109 Å². The molecule has 3 rings (SSSR count). The molecule has 0 amide bonds. The summed E-state index contributed by atoms with van der Waals surface area (Å²) in [6, 6.07) is 7.73. The average molecular weight is 245 g/mol. The van der Waals surface area contributed by atoms with Gasteiger partial charge in [-0.05, 0) is 43.4 Å². The van der Waals surface area contributed by atoms with Crippen molar-refractivity contribution in [2.24, 2.45) is 5.73 Å². The molecule has 0 aliphatic carbocycles. The number of nitrogens with zero attached hydrogens (tertiary/aromatic N) is 1. The Hall–Kier alpha value is -1.06. The Morgan fingerprint density at radius 3 is 2.83 bits per heavy atom. The highest BCUT2D eigenvalue weighted by Crippen LogP contribution is 2.29. The third kappa shape index (κ3) is 2.25. The molecule has 2 aliphatic heterocycles. The molecule has 3 heteroatoms. The summed E-state index contributed by atoms with van der Waals surface area (Å²) in [5.41, 5.74) is 10.5. The lowest BCUT2D eigenvalue weighted by atomic mass is 9.93. The fourth-order valence-corrected chi connectivity index (χ4v) is 3.12. The number of nitrogens with two attached hydrogens (primary N) is 1. The first-order valence-electron chi connectivity index (χ1n) is 7.08. The zero-order valence-corrected chi connectivity index (χ0v) is 11.2. The Balaban J connectivity index is 1.88. The zero-order valence-electron chi connectivity index (χ0n) is 11.2. The van der Waals surface area contributed by atoms with Crippen LogP contribution in [-0.4, -0.2) is 25.2 Å². The van der Waals surface area contributed by atoms with Crippen LogP contribution in [-0.2, 0) is 13.0 Å². The summed E-state index contributed by atoms with van der Waals surface area (Å²) in [6.45, 7) is 5.50. The monoisotopic (exact) mass is 245 g/mol. The van der Waals surface area contributed by atoms with Crippen LogP contribution in [0.1, 0.15) is 30.9 Å². The fourth-order valence-electron chi connectivity index (χ4n) is 3.12. The van der Waals surface area contributed by atoms with E-state index in [4.69, 9.17) is 5.73 Å². The molecule has 0 saturated carbocycles. The number of hydrogen-bond donors (Lipinski definition) is 2. The molecule has 2 heterocycles. The Morgan fingerprint density at radius 2 is 2.06 bits per heavy atom. The number of fused-ring (bicyclic) bond motifs is 1. The second-order valence-electron chi connectivity index (χ2n) is 5.73. The number of hydrogen-bond acceptors (Lipinski definition) is 3. The van der Waals surface area contributed by atoms with Crippen LogP contribution in [0.5, 0.6) is 0 Å². The van der Waals surface area contributed by atoms with Crippen LogP contribution in [0.15, 0.2) is 18.2 Å². The SMILES string of the molecule is CC1Cc2c(cccc2N2CCC(N)CC2)CN1. The summed E-state index contributed by atoms with van der Waals surface area (Å²) < 4.78 is 0. The summed E-state index contributed by atoms with van der Waals surface area (Å²) in [6.07, 6.45) is 3.39. The summed E-state index contributed by atoms with van der Waals surface area (Å²) in [5, 5.41) is 3.54. The van der Waals surface area contributed by atoms with Crippen LogP contribution in [0.25, 0.3) is 0 Å². The van der Waals surface area contributed by atoms with Gasteiger partial charge in [-0.1, -0.05) is 12.1 Å². The van der Waals surface area contributed by atoms with E-state index in [0.29, 0.717) is 12.1 Å². The van der Waals surface area contributed by atoms with E-state index in [1.54, 1.807) is 5.56 Å². The van der Waals surface area contributed by atoms with Crippen LogP contribution in [0.2, 0.25) is 0 Å². The summed E-state index contributed by atoms with van der Waals surface area (Å²) in [5.74, 6) is 0. The topological polar surface area (TPSA) is 41.3 Å². The van der Waals surface area contributed by atoms with E-state index in [-0.39, 0.29) is 0 Å². The third-order valence-corrected chi connectivity index (χ3v) is 4.28. The van der Waals surface area contributed by atoms with E-state index >= 15 is 0 Å². The van der Waals surface area contributed by atoms with Crippen molar-refractivity contribution in [2.45, 2.75) is 44.8 Å². The van der Waals surface area contributed by atoms with Gasteiger partial charge in [-0.25, -0.2) is 0 Å². The first kappa shape index (κ1) is 12.0. The van der Waals surface area contributed by atoms with Gasteiger partial charge in [0.2, 0.25) is 0 Å². The van der Waals surface area contributed by atoms with Gasteiger partial charge in [0.25, 0.3) is 0 Å². The number of benzene rings is 1. The molecule has 1 unspecified atom stereocenters. The summed E-state index contributed by atoms with van der Waals surface area (Å²) in [7, 11) is 0. The molecule has 1 fully saturated rings. The Morgan fingerprint density at radius 1 is 1.28 bits per heavy atom. The van der Waals surface area contributed by atoms with Gasteiger partial charge in [-0.3, -0.25) is 0 Å². The molecule has 0 radical (unpaired) electrons. The first-order chi connectivity index (χ1) is 8.74. The molecule has 0 spiro atoms. The molecule has 2 aliphatic rings. The number of piperidine rings is 1. The van der Waals surface area contributed by atoms with Crippen LogP contribution >= 0.6 is 0 Å². The maximum absolute atomic E-state index is 6.00. The minimum atomic E-state index is 0.404. The maximum atomic E-state index is 6.00. The van der Waals surface area contributed by atoms with Gasteiger partial charge in [0.15, 0.2) is 0 Å². The molecule has 18 heavy (non-hydrogen) atoms. The van der Waals surface area contributed by atoms with E-state index in [1.807, 2.05) is 0 Å². The molecule has 1 atom stereocenters. The van der Waals surface area contributed by atoms with Gasteiger partial charge in [0.05, 0.1) is 0 Å². The van der Waals surface area contributed by atoms with Gasteiger partial charge >= 0.3 is 0 Å². The van der Waals surface area contributed by atoms with E-state index in [9.17, 15) is 0 Å². The largest absolute Gasteiger partial charge is 0.371 e. The molecule has 3 N–H and O–H groups in total. The van der Waals surface area contributed by atoms with Crippen molar-refractivity contribution in [2.75, 3.05) is 18.0 Å². The lowest BCUT2D eigenvalue weighted by molar-refractivity contribution is 0.491. The molecule has 1 aromatic carbocycles. The maximum Gasteiger partial charge on any atom is 0.0402 e. The predicted octanol–water partition coefficient (Wildman–Crippen LogP) is 1.65. The number of anilines is 1. The van der Waals surface area contributed by atoms with Crippen molar-refractivity contribution < 1.29 is 0 Å². The van der Waals surface area contributed by atoms with Crippen LogP contribution in [0.4, 0.5) is 5.69 Å². The third-order valence-electron chi connectivity index (χ3n) is 4.28. The summed E-state index contributed by atoms with van der Waals surface area (Å²) >= 11 is 0. The van der Waals surface area contributed by atoms with E-state index in [0.717, 1.165) is 38.9 Å². The number of nitrogens with one attached hydrogen (secondary N) is 1. The second-order valence-corrected chi connectivity index (χ2v) is 5.73. The highest BCUT2D eigenvalue weighted by atomic mass is 15.1.